The lowest BCUT2D eigenvalue weighted by atomic mass is 10.1. The minimum absolute atomic E-state index is 0.175. The number of carbonyl (C=O) groups is 1. The number of rotatable bonds is 5. The molecule has 3 rings (SSSR count). The first-order chi connectivity index (χ1) is 9.65. The lowest BCUT2D eigenvalue weighted by molar-refractivity contribution is -0.128. The first kappa shape index (κ1) is 13.0. The highest BCUT2D eigenvalue weighted by molar-refractivity contribution is 5.79. The largest absolute Gasteiger partial charge is 0.481 e. The highest BCUT2D eigenvalue weighted by atomic mass is 16.5. The molecule has 1 aliphatic heterocycles. The molecule has 0 spiro atoms. The number of aromatic nitrogens is 2. The van der Waals surface area contributed by atoms with Gasteiger partial charge in [-0.05, 0) is 12.8 Å². The Bertz CT molecular complexity index is 517. The monoisotopic (exact) mass is 277 g/mol. The Labute approximate surface area is 117 Å². The second kappa shape index (κ2) is 5.15. The van der Waals surface area contributed by atoms with Gasteiger partial charge in [0.2, 0.25) is 17.7 Å². The van der Waals surface area contributed by atoms with Gasteiger partial charge in [-0.15, -0.1) is 0 Å². The Morgan fingerprint density at radius 1 is 1.50 bits per heavy atom. The molecule has 1 atom stereocenters. The predicted molar refractivity (Wildman–Crippen MR) is 74.3 cm³/mol. The van der Waals surface area contributed by atoms with E-state index in [9.17, 15) is 4.79 Å². The number of ether oxygens (including phenoxy) is 1. The molecule has 1 saturated heterocycles. The van der Waals surface area contributed by atoms with Crippen LogP contribution in [0.5, 0.6) is 5.88 Å². The zero-order valence-electron chi connectivity index (χ0n) is 11.5. The van der Waals surface area contributed by atoms with Crippen LogP contribution in [-0.4, -0.2) is 47.0 Å². The van der Waals surface area contributed by atoms with E-state index in [1.807, 2.05) is 4.90 Å². The molecule has 1 aliphatic carbocycles. The summed E-state index contributed by atoms with van der Waals surface area (Å²) in [4.78, 5) is 21.9. The zero-order chi connectivity index (χ0) is 14.1. The van der Waals surface area contributed by atoms with Gasteiger partial charge in [-0.1, -0.05) is 0 Å². The van der Waals surface area contributed by atoms with Crippen molar-refractivity contribution >= 4 is 17.7 Å². The van der Waals surface area contributed by atoms with Crippen LogP contribution in [0.1, 0.15) is 19.3 Å². The van der Waals surface area contributed by atoms with Gasteiger partial charge in [0.1, 0.15) is 5.82 Å². The summed E-state index contributed by atoms with van der Waals surface area (Å²) < 4.78 is 5.05. The quantitative estimate of drug-likeness (QED) is 0.813. The minimum Gasteiger partial charge on any atom is -0.481 e. The second-order valence-corrected chi connectivity index (χ2v) is 5.38. The van der Waals surface area contributed by atoms with Gasteiger partial charge in [0.25, 0.3) is 0 Å². The van der Waals surface area contributed by atoms with Crippen molar-refractivity contribution in [2.24, 2.45) is 5.92 Å². The third-order valence-corrected chi connectivity index (χ3v) is 3.73. The molecule has 2 aliphatic rings. The lowest BCUT2D eigenvalue weighted by Crippen LogP contribution is -2.28. The van der Waals surface area contributed by atoms with Gasteiger partial charge >= 0.3 is 0 Å². The van der Waals surface area contributed by atoms with E-state index in [-0.39, 0.29) is 11.9 Å². The third kappa shape index (κ3) is 2.76. The maximum absolute atomic E-state index is 11.9. The number of carbonyl (C=O) groups excluding carboxylic acids is 1. The van der Waals surface area contributed by atoms with Gasteiger partial charge < -0.3 is 20.7 Å². The standard InChI is InChI=1S/C13H19N5O2/c1-20-11-5-10(16-13(14)17-11)15-6-8-4-12(19)18(7-8)9-2-3-9/h5,8-9H,2-4,6-7H2,1H3,(H3,14,15,16,17). The molecular weight excluding hydrogens is 258 g/mol. The molecule has 1 saturated carbocycles. The molecule has 108 valence electrons. The number of anilines is 2. The Morgan fingerprint density at radius 2 is 2.30 bits per heavy atom. The number of hydrogen-bond acceptors (Lipinski definition) is 6. The highest BCUT2D eigenvalue weighted by Gasteiger charge is 2.39. The van der Waals surface area contributed by atoms with Crippen LogP contribution in [0, 0.1) is 5.92 Å². The summed E-state index contributed by atoms with van der Waals surface area (Å²) in [7, 11) is 1.54. The van der Waals surface area contributed by atoms with Crippen LogP contribution >= 0.6 is 0 Å². The van der Waals surface area contributed by atoms with Crippen LogP contribution < -0.4 is 15.8 Å². The maximum Gasteiger partial charge on any atom is 0.225 e. The van der Waals surface area contributed by atoms with E-state index in [0.717, 1.165) is 19.4 Å². The number of likely N-dealkylation sites (tertiary alicyclic amines) is 1. The normalized spacial score (nSPS) is 22.1. The maximum atomic E-state index is 11.9. The van der Waals surface area contributed by atoms with Crippen molar-refractivity contribution in [1.29, 1.82) is 0 Å². The molecular formula is C13H19N5O2. The van der Waals surface area contributed by atoms with Crippen molar-refractivity contribution in [3.05, 3.63) is 6.07 Å². The number of hydrogen-bond donors (Lipinski definition) is 2. The Hall–Kier alpha value is -2.05. The van der Waals surface area contributed by atoms with Crippen molar-refractivity contribution in [2.45, 2.75) is 25.3 Å². The van der Waals surface area contributed by atoms with E-state index in [4.69, 9.17) is 10.5 Å². The summed E-state index contributed by atoms with van der Waals surface area (Å²) in [6, 6.07) is 2.20. The van der Waals surface area contributed by atoms with Gasteiger partial charge in [0.05, 0.1) is 7.11 Å². The molecule has 0 radical (unpaired) electrons. The average Bonchev–Trinajstić information content (AvgIpc) is 3.20. The van der Waals surface area contributed by atoms with Crippen molar-refractivity contribution in [3.63, 3.8) is 0 Å². The van der Waals surface area contributed by atoms with Gasteiger partial charge in [-0.25, -0.2) is 0 Å². The number of nitrogens with one attached hydrogen (secondary N) is 1. The summed E-state index contributed by atoms with van der Waals surface area (Å²) in [5, 5.41) is 3.21. The highest BCUT2D eigenvalue weighted by Crippen LogP contribution is 2.32. The van der Waals surface area contributed by atoms with Crippen LogP contribution in [0.2, 0.25) is 0 Å². The summed E-state index contributed by atoms with van der Waals surface area (Å²) >= 11 is 0. The van der Waals surface area contributed by atoms with E-state index in [0.29, 0.717) is 36.6 Å². The molecule has 3 N–H and O–H groups in total. The minimum atomic E-state index is 0.175. The summed E-state index contributed by atoms with van der Waals surface area (Å²) in [5.41, 5.74) is 5.61. The number of nitrogen functional groups attached to an aromatic ring is 1. The molecule has 20 heavy (non-hydrogen) atoms. The van der Waals surface area contributed by atoms with Crippen molar-refractivity contribution in [1.82, 2.24) is 14.9 Å². The van der Waals surface area contributed by atoms with Crippen LogP contribution in [0.4, 0.5) is 11.8 Å². The molecule has 1 unspecified atom stereocenters. The first-order valence-corrected chi connectivity index (χ1v) is 6.87. The SMILES string of the molecule is COc1cc(NCC2CC(=O)N(C3CC3)C2)nc(N)n1. The molecule has 2 fully saturated rings. The molecule has 1 aromatic heterocycles. The number of amides is 1. The summed E-state index contributed by atoms with van der Waals surface area (Å²) in [5.74, 6) is 1.84. The number of nitrogens with zero attached hydrogens (tertiary/aromatic N) is 3. The smallest absolute Gasteiger partial charge is 0.225 e. The summed E-state index contributed by atoms with van der Waals surface area (Å²) in [6.07, 6.45) is 2.93. The molecule has 0 aromatic carbocycles. The third-order valence-electron chi connectivity index (χ3n) is 3.73. The topological polar surface area (TPSA) is 93.4 Å². The van der Waals surface area contributed by atoms with Crippen molar-refractivity contribution < 1.29 is 9.53 Å². The number of methoxy groups -OCH3 is 1. The second-order valence-electron chi connectivity index (χ2n) is 5.38. The Morgan fingerprint density at radius 3 is 3.00 bits per heavy atom. The Balaban J connectivity index is 1.57. The number of nitrogens with two attached hydrogens (primary N) is 1. The van der Waals surface area contributed by atoms with Crippen LogP contribution in [0.3, 0.4) is 0 Å². The fourth-order valence-electron chi connectivity index (χ4n) is 2.57. The van der Waals surface area contributed by atoms with E-state index in [1.165, 1.54) is 7.11 Å². The van der Waals surface area contributed by atoms with E-state index in [2.05, 4.69) is 15.3 Å². The first-order valence-electron chi connectivity index (χ1n) is 6.87. The molecule has 0 bridgehead atoms. The molecule has 7 nitrogen and oxygen atoms in total. The van der Waals surface area contributed by atoms with E-state index in [1.54, 1.807) is 6.07 Å². The lowest BCUT2D eigenvalue weighted by Gasteiger charge is -2.16. The van der Waals surface area contributed by atoms with Crippen LogP contribution in [0.15, 0.2) is 6.07 Å². The molecule has 7 heteroatoms. The van der Waals surface area contributed by atoms with Crippen molar-refractivity contribution in [3.8, 4) is 5.88 Å². The molecule has 1 aromatic rings. The van der Waals surface area contributed by atoms with Crippen LogP contribution in [-0.2, 0) is 4.79 Å². The summed E-state index contributed by atoms with van der Waals surface area (Å²) in [6.45, 7) is 1.54. The van der Waals surface area contributed by atoms with Gasteiger partial charge in [-0.2, -0.15) is 9.97 Å². The fourth-order valence-corrected chi connectivity index (χ4v) is 2.57. The molecule has 1 amide bonds. The predicted octanol–water partition coefficient (Wildman–Crippen LogP) is 0.490. The van der Waals surface area contributed by atoms with Gasteiger partial charge in [0, 0.05) is 37.5 Å². The fraction of sp³-hybridized carbons (Fsp3) is 0.615. The van der Waals surface area contributed by atoms with E-state index >= 15 is 0 Å². The van der Waals surface area contributed by atoms with Gasteiger partial charge in [0.15, 0.2) is 0 Å². The van der Waals surface area contributed by atoms with E-state index < -0.39 is 0 Å². The average molecular weight is 277 g/mol. The van der Waals surface area contributed by atoms with Gasteiger partial charge in [-0.3, -0.25) is 4.79 Å². The molecule has 2 heterocycles. The van der Waals surface area contributed by atoms with Crippen molar-refractivity contribution in [2.75, 3.05) is 31.2 Å². The zero-order valence-corrected chi connectivity index (χ0v) is 11.5. The van der Waals surface area contributed by atoms with Crippen LogP contribution in [0.25, 0.3) is 0 Å². The Kier molecular flexibility index (Phi) is 3.33.